The zero-order valence-corrected chi connectivity index (χ0v) is 22.0. The molecule has 0 bridgehead atoms. The monoisotopic (exact) mass is 562 g/mol. The Kier molecular flexibility index (Phi) is 9.09. The van der Waals surface area contributed by atoms with Gasteiger partial charge in [0.25, 0.3) is 0 Å². The van der Waals surface area contributed by atoms with Crippen molar-refractivity contribution in [3.05, 3.63) is 76.9 Å². The highest BCUT2D eigenvalue weighted by molar-refractivity contribution is 6.31. The standard InChI is InChI=1S/C28H30N6O7/c29-10-4-3-7-19(28(40)41)34-27(39)20(11-15-12-30-14-32-15)33-22(36)13-31-18-8-9-21(35)24-23(18)25(37)16-5-1-2-6-17(16)26(24)38/h1-2,5-6,8-9,12,14,19-20,31,35H,3-4,7,10-11,13,29H2,(H,30,32)(H,33,36)(H,34,39)(H,40,41). The molecule has 4 rings (SSSR count). The number of aromatic nitrogens is 2. The number of phenolic OH excluding ortho intramolecular Hbond substituents is 1. The Bertz CT molecular complexity index is 1470. The second-order valence-corrected chi connectivity index (χ2v) is 9.52. The number of H-pyrrole nitrogens is 1. The van der Waals surface area contributed by atoms with Gasteiger partial charge in [-0.3, -0.25) is 19.2 Å². The minimum Gasteiger partial charge on any atom is -0.507 e. The van der Waals surface area contributed by atoms with Gasteiger partial charge in [0.05, 0.1) is 24.0 Å². The average molecular weight is 563 g/mol. The van der Waals surface area contributed by atoms with E-state index in [1.54, 1.807) is 12.1 Å². The van der Waals surface area contributed by atoms with E-state index in [0.29, 0.717) is 25.1 Å². The maximum absolute atomic E-state index is 13.2. The van der Waals surface area contributed by atoms with Crippen LogP contribution in [0.5, 0.6) is 5.75 Å². The van der Waals surface area contributed by atoms with Gasteiger partial charge < -0.3 is 36.9 Å². The van der Waals surface area contributed by atoms with Crippen LogP contribution in [0.2, 0.25) is 0 Å². The number of carboxylic acids is 1. The summed E-state index contributed by atoms with van der Waals surface area (Å²) < 4.78 is 0. The van der Waals surface area contributed by atoms with Crippen molar-refractivity contribution in [1.82, 2.24) is 20.6 Å². The molecule has 2 unspecified atom stereocenters. The number of carboxylic acid groups (broad SMARTS) is 1. The molecule has 0 spiro atoms. The number of nitrogens with zero attached hydrogens (tertiary/aromatic N) is 1. The van der Waals surface area contributed by atoms with Gasteiger partial charge in [-0.25, -0.2) is 9.78 Å². The molecule has 0 fully saturated rings. The molecule has 1 heterocycles. The maximum atomic E-state index is 13.2. The van der Waals surface area contributed by atoms with Crippen molar-refractivity contribution in [2.24, 2.45) is 5.73 Å². The Hall–Kier alpha value is -5.04. The van der Waals surface area contributed by atoms with Crippen molar-refractivity contribution in [3.8, 4) is 5.75 Å². The summed E-state index contributed by atoms with van der Waals surface area (Å²) in [4.78, 5) is 70.8. The van der Waals surface area contributed by atoms with E-state index in [-0.39, 0.29) is 46.5 Å². The van der Waals surface area contributed by atoms with Gasteiger partial charge in [0, 0.05) is 35.1 Å². The van der Waals surface area contributed by atoms with Crippen LogP contribution in [0.15, 0.2) is 48.9 Å². The lowest BCUT2D eigenvalue weighted by Crippen LogP contribution is -2.53. The van der Waals surface area contributed by atoms with Gasteiger partial charge in [0.15, 0.2) is 11.6 Å². The maximum Gasteiger partial charge on any atom is 0.326 e. The minimum absolute atomic E-state index is 0.00505. The molecule has 8 N–H and O–H groups in total. The zero-order valence-electron chi connectivity index (χ0n) is 22.0. The normalized spacial score (nSPS) is 13.5. The lowest BCUT2D eigenvalue weighted by molar-refractivity contribution is -0.142. The molecule has 2 amide bonds. The number of carbonyl (C=O) groups is 5. The van der Waals surface area contributed by atoms with Crippen LogP contribution in [0.25, 0.3) is 0 Å². The summed E-state index contributed by atoms with van der Waals surface area (Å²) >= 11 is 0. The second-order valence-electron chi connectivity index (χ2n) is 9.52. The van der Waals surface area contributed by atoms with Crippen LogP contribution < -0.4 is 21.7 Å². The Morgan fingerprint density at radius 2 is 1.66 bits per heavy atom. The predicted octanol–water partition coefficient (Wildman–Crippen LogP) is 0.729. The van der Waals surface area contributed by atoms with Gasteiger partial charge in [0.2, 0.25) is 11.8 Å². The first-order valence-corrected chi connectivity index (χ1v) is 13.0. The largest absolute Gasteiger partial charge is 0.507 e. The number of imidazole rings is 1. The average Bonchev–Trinajstić information content (AvgIpc) is 3.47. The van der Waals surface area contributed by atoms with E-state index in [2.05, 4.69) is 25.9 Å². The number of hydrogen-bond acceptors (Lipinski definition) is 9. The lowest BCUT2D eigenvalue weighted by Gasteiger charge is -2.23. The first-order valence-electron chi connectivity index (χ1n) is 13.0. The summed E-state index contributed by atoms with van der Waals surface area (Å²) in [5.74, 6) is -3.92. The number of aliphatic carboxylic acids is 1. The molecular weight excluding hydrogens is 532 g/mol. The predicted molar refractivity (Wildman–Crippen MR) is 147 cm³/mol. The minimum atomic E-state index is -1.21. The van der Waals surface area contributed by atoms with Crippen LogP contribution in [0.3, 0.4) is 0 Å². The van der Waals surface area contributed by atoms with Crippen molar-refractivity contribution in [3.63, 3.8) is 0 Å². The van der Waals surface area contributed by atoms with Gasteiger partial charge >= 0.3 is 5.97 Å². The third kappa shape index (κ3) is 6.58. The van der Waals surface area contributed by atoms with Crippen molar-refractivity contribution >= 4 is 35.0 Å². The number of carbonyl (C=O) groups excluding carboxylic acids is 4. The molecule has 2 aromatic carbocycles. The number of anilines is 1. The number of nitrogens with one attached hydrogen (secondary N) is 4. The molecule has 2 atom stereocenters. The van der Waals surface area contributed by atoms with Crippen molar-refractivity contribution < 1.29 is 34.2 Å². The molecule has 41 heavy (non-hydrogen) atoms. The molecule has 3 aromatic rings. The van der Waals surface area contributed by atoms with Crippen LogP contribution in [0, 0.1) is 0 Å². The number of phenols is 1. The number of rotatable bonds is 13. The molecule has 1 aliphatic carbocycles. The highest BCUT2D eigenvalue weighted by atomic mass is 16.4. The van der Waals surface area contributed by atoms with E-state index in [0.717, 1.165) is 0 Å². The van der Waals surface area contributed by atoms with Gasteiger partial charge in [-0.05, 0) is 37.9 Å². The molecular formula is C28H30N6O7. The highest BCUT2D eigenvalue weighted by Gasteiger charge is 2.34. The van der Waals surface area contributed by atoms with Gasteiger partial charge in [-0.15, -0.1) is 0 Å². The van der Waals surface area contributed by atoms with E-state index in [1.165, 1.54) is 36.8 Å². The quantitative estimate of drug-likeness (QED) is 0.0895. The fourth-order valence-electron chi connectivity index (χ4n) is 4.62. The van der Waals surface area contributed by atoms with Gasteiger partial charge in [-0.2, -0.15) is 0 Å². The van der Waals surface area contributed by atoms with Gasteiger partial charge in [-0.1, -0.05) is 24.3 Å². The first-order chi connectivity index (χ1) is 19.7. The van der Waals surface area contributed by atoms with Crippen LogP contribution in [-0.2, 0) is 20.8 Å². The van der Waals surface area contributed by atoms with Crippen LogP contribution in [0.1, 0.15) is 56.8 Å². The molecule has 0 aliphatic heterocycles. The van der Waals surface area contributed by atoms with E-state index in [1.807, 2.05) is 0 Å². The van der Waals surface area contributed by atoms with E-state index in [9.17, 15) is 34.2 Å². The number of hydrogen-bond donors (Lipinski definition) is 7. The van der Waals surface area contributed by atoms with E-state index >= 15 is 0 Å². The lowest BCUT2D eigenvalue weighted by atomic mass is 9.82. The number of unbranched alkanes of at least 4 members (excludes halogenated alkanes) is 1. The van der Waals surface area contributed by atoms with Gasteiger partial charge in [0.1, 0.15) is 17.8 Å². The number of aromatic hydroxyl groups is 1. The number of aromatic amines is 1. The molecule has 13 nitrogen and oxygen atoms in total. The van der Waals surface area contributed by atoms with Crippen molar-refractivity contribution in [1.29, 1.82) is 0 Å². The highest BCUT2D eigenvalue weighted by Crippen LogP contribution is 2.36. The van der Waals surface area contributed by atoms with E-state index < -0.39 is 48.0 Å². The summed E-state index contributed by atoms with van der Waals surface area (Å²) in [6, 6.07) is 6.58. The van der Waals surface area contributed by atoms with Crippen LogP contribution >= 0.6 is 0 Å². The van der Waals surface area contributed by atoms with Crippen LogP contribution in [0.4, 0.5) is 5.69 Å². The fourth-order valence-corrected chi connectivity index (χ4v) is 4.62. The Labute approximate surface area is 234 Å². The molecule has 0 saturated carbocycles. The molecule has 1 aromatic heterocycles. The zero-order chi connectivity index (χ0) is 29.5. The fraction of sp³-hybridized carbons (Fsp3) is 0.286. The third-order valence-electron chi connectivity index (χ3n) is 6.69. The van der Waals surface area contributed by atoms with Crippen molar-refractivity contribution in [2.75, 3.05) is 18.4 Å². The smallest absolute Gasteiger partial charge is 0.326 e. The Balaban J connectivity index is 1.49. The number of benzene rings is 2. The molecule has 13 heteroatoms. The Morgan fingerprint density at radius 3 is 2.29 bits per heavy atom. The van der Waals surface area contributed by atoms with E-state index in [4.69, 9.17) is 5.73 Å². The summed E-state index contributed by atoms with van der Waals surface area (Å²) in [6.45, 7) is -0.00571. The summed E-state index contributed by atoms with van der Waals surface area (Å²) in [6.07, 6.45) is 4.16. The summed E-state index contributed by atoms with van der Waals surface area (Å²) in [7, 11) is 0. The van der Waals surface area contributed by atoms with Crippen molar-refractivity contribution in [2.45, 2.75) is 37.8 Å². The number of ketones is 2. The number of nitrogens with two attached hydrogens (primary N) is 1. The second kappa shape index (κ2) is 12.9. The topological polar surface area (TPSA) is 217 Å². The summed E-state index contributed by atoms with van der Waals surface area (Å²) in [5.41, 5.74) is 6.29. The molecule has 214 valence electrons. The number of amides is 2. The first kappa shape index (κ1) is 29.0. The number of fused-ring (bicyclic) bond motifs is 2. The summed E-state index contributed by atoms with van der Waals surface area (Å²) in [5, 5.41) is 27.8. The third-order valence-corrected chi connectivity index (χ3v) is 6.69. The molecule has 0 radical (unpaired) electrons. The van der Waals surface area contributed by atoms with Crippen LogP contribution in [-0.4, -0.2) is 74.7 Å². The Morgan fingerprint density at radius 1 is 0.951 bits per heavy atom. The molecule has 1 aliphatic rings. The SMILES string of the molecule is NCCCCC(NC(=O)C(Cc1cnc[nH]1)NC(=O)CNc1ccc(O)c2c1C(=O)c1ccccc1C2=O)C(=O)O. The molecule has 0 saturated heterocycles.